The second kappa shape index (κ2) is 7.48. The Bertz CT molecular complexity index is 987. The number of fused-ring (bicyclic) bond motifs is 1. The van der Waals surface area contributed by atoms with Gasteiger partial charge in [-0.2, -0.15) is 5.10 Å². The highest BCUT2D eigenvalue weighted by atomic mass is 32.1. The summed E-state index contributed by atoms with van der Waals surface area (Å²) in [6.45, 7) is 2.74. The summed E-state index contributed by atoms with van der Waals surface area (Å²) in [5.74, 6) is 0.163. The third-order valence-electron chi connectivity index (χ3n) is 4.84. The molecule has 1 aromatic carbocycles. The highest BCUT2D eigenvalue weighted by Crippen LogP contribution is 2.22. The number of piperazine rings is 1. The molecule has 27 heavy (non-hydrogen) atoms. The van der Waals surface area contributed by atoms with E-state index < -0.39 is 0 Å². The van der Waals surface area contributed by atoms with Crippen molar-refractivity contribution in [1.82, 2.24) is 19.7 Å². The molecule has 3 heterocycles. The van der Waals surface area contributed by atoms with Crippen molar-refractivity contribution in [2.24, 2.45) is 7.05 Å². The van der Waals surface area contributed by atoms with Crippen LogP contribution in [0.2, 0.25) is 0 Å². The molecule has 1 fully saturated rings. The monoisotopic (exact) mass is 383 g/mol. The van der Waals surface area contributed by atoms with Gasteiger partial charge in [0.25, 0.3) is 5.56 Å². The molecule has 0 aliphatic carbocycles. The van der Waals surface area contributed by atoms with Crippen molar-refractivity contribution in [3.63, 3.8) is 0 Å². The molecule has 1 aliphatic rings. The first kappa shape index (κ1) is 17.7. The Morgan fingerprint density at radius 2 is 1.96 bits per heavy atom. The van der Waals surface area contributed by atoms with Crippen molar-refractivity contribution in [3.05, 3.63) is 51.9 Å². The smallest absolute Gasteiger partial charge is 0.268 e. The number of amides is 1. The van der Waals surface area contributed by atoms with Gasteiger partial charge in [-0.05, 0) is 12.1 Å². The van der Waals surface area contributed by atoms with Crippen LogP contribution in [0, 0.1) is 0 Å². The van der Waals surface area contributed by atoms with Gasteiger partial charge in [0.1, 0.15) is 0 Å². The van der Waals surface area contributed by atoms with Gasteiger partial charge >= 0.3 is 0 Å². The van der Waals surface area contributed by atoms with Gasteiger partial charge in [-0.15, -0.1) is 11.3 Å². The third-order valence-corrected chi connectivity index (χ3v) is 5.94. The fourth-order valence-electron chi connectivity index (χ4n) is 3.25. The molecule has 1 saturated heterocycles. The number of carbonyl (C=O) groups is 1. The number of hydrogen-bond acceptors (Lipinski definition) is 6. The molecule has 7 nitrogen and oxygen atoms in total. The number of benzene rings is 1. The van der Waals surface area contributed by atoms with Crippen LogP contribution in [-0.4, -0.2) is 51.8 Å². The molecule has 1 amide bonds. The van der Waals surface area contributed by atoms with Crippen molar-refractivity contribution in [1.29, 1.82) is 0 Å². The number of anilines is 1. The summed E-state index contributed by atoms with van der Waals surface area (Å²) in [4.78, 5) is 32.9. The lowest BCUT2D eigenvalue weighted by atomic mass is 10.2. The molecule has 0 spiro atoms. The number of hydrogen-bond donors (Lipinski definition) is 0. The average molecular weight is 383 g/mol. The maximum Gasteiger partial charge on any atom is 0.268 e. The first-order valence-electron chi connectivity index (χ1n) is 9.01. The van der Waals surface area contributed by atoms with Gasteiger partial charge in [0.2, 0.25) is 5.91 Å². The van der Waals surface area contributed by atoms with Crippen molar-refractivity contribution in [2.45, 2.75) is 12.8 Å². The minimum atomic E-state index is -0.123. The Morgan fingerprint density at radius 3 is 2.70 bits per heavy atom. The largest absolute Gasteiger partial charge is 0.367 e. The number of rotatable bonds is 4. The quantitative estimate of drug-likeness (QED) is 0.685. The van der Waals surface area contributed by atoms with Crippen LogP contribution in [0.4, 0.5) is 5.69 Å². The Kier molecular flexibility index (Phi) is 4.89. The Labute approximate surface area is 160 Å². The zero-order valence-electron chi connectivity index (χ0n) is 15.2. The highest BCUT2D eigenvalue weighted by molar-refractivity contribution is 7.18. The van der Waals surface area contributed by atoms with Crippen molar-refractivity contribution < 1.29 is 4.79 Å². The van der Waals surface area contributed by atoms with E-state index in [0.29, 0.717) is 39.0 Å². The molecule has 8 heteroatoms. The maximum atomic E-state index is 12.5. The zero-order valence-corrected chi connectivity index (χ0v) is 16.0. The third kappa shape index (κ3) is 3.85. The van der Waals surface area contributed by atoms with Gasteiger partial charge in [-0.1, -0.05) is 12.1 Å². The van der Waals surface area contributed by atoms with Crippen molar-refractivity contribution in [2.75, 3.05) is 31.1 Å². The SMILES string of the molecule is Cn1ncc(N2CCN(C(=O)CCc3nc4ccccc4s3)CC2)cc1=O. The second-order valence-corrected chi connectivity index (χ2v) is 7.73. The summed E-state index contributed by atoms with van der Waals surface area (Å²) in [6.07, 6.45) is 2.86. The number of thiazole rings is 1. The number of para-hydroxylation sites is 1. The lowest BCUT2D eigenvalue weighted by Crippen LogP contribution is -2.49. The first-order valence-corrected chi connectivity index (χ1v) is 9.82. The van der Waals surface area contributed by atoms with Crippen LogP contribution in [0.1, 0.15) is 11.4 Å². The van der Waals surface area contributed by atoms with E-state index in [4.69, 9.17) is 0 Å². The molecule has 140 valence electrons. The topological polar surface area (TPSA) is 71.3 Å². The van der Waals surface area contributed by atoms with Gasteiger partial charge in [0, 0.05) is 52.1 Å². The normalized spacial score (nSPS) is 14.7. The molecule has 0 unspecified atom stereocenters. The molecular formula is C19H21N5O2S. The Morgan fingerprint density at radius 1 is 1.19 bits per heavy atom. The van der Waals surface area contributed by atoms with Crippen molar-refractivity contribution >= 4 is 33.1 Å². The van der Waals surface area contributed by atoms with Gasteiger partial charge in [0.15, 0.2) is 0 Å². The van der Waals surface area contributed by atoms with E-state index in [2.05, 4.69) is 21.0 Å². The van der Waals surface area contributed by atoms with E-state index in [0.717, 1.165) is 20.9 Å². The van der Waals surface area contributed by atoms with E-state index in [-0.39, 0.29) is 11.5 Å². The molecule has 2 aromatic heterocycles. The lowest BCUT2D eigenvalue weighted by Gasteiger charge is -2.35. The second-order valence-electron chi connectivity index (χ2n) is 6.62. The summed E-state index contributed by atoms with van der Waals surface area (Å²) < 4.78 is 2.47. The zero-order chi connectivity index (χ0) is 18.8. The maximum absolute atomic E-state index is 12.5. The summed E-state index contributed by atoms with van der Waals surface area (Å²) in [6, 6.07) is 9.64. The van der Waals surface area contributed by atoms with E-state index in [9.17, 15) is 9.59 Å². The molecule has 0 atom stereocenters. The van der Waals surface area contributed by atoms with Crippen LogP contribution < -0.4 is 10.5 Å². The minimum absolute atomic E-state index is 0.123. The molecule has 3 aromatic rings. The van der Waals surface area contributed by atoms with Crippen LogP contribution in [0.15, 0.2) is 41.3 Å². The van der Waals surface area contributed by atoms with Crippen LogP contribution in [0.25, 0.3) is 10.2 Å². The Balaban J connectivity index is 1.31. The molecule has 1 aliphatic heterocycles. The fraction of sp³-hybridized carbons (Fsp3) is 0.368. The summed E-state index contributed by atoms with van der Waals surface area (Å²) in [7, 11) is 1.63. The van der Waals surface area contributed by atoms with Crippen LogP contribution in [0.5, 0.6) is 0 Å². The van der Waals surface area contributed by atoms with E-state index in [1.54, 1.807) is 30.6 Å². The molecule has 0 N–H and O–H groups in total. The van der Waals surface area contributed by atoms with E-state index >= 15 is 0 Å². The summed E-state index contributed by atoms with van der Waals surface area (Å²) in [5, 5.41) is 5.07. The van der Waals surface area contributed by atoms with Crippen molar-refractivity contribution in [3.8, 4) is 0 Å². The number of aromatic nitrogens is 3. The van der Waals surface area contributed by atoms with Crippen LogP contribution in [0.3, 0.4) is 0 Å². The summed E-state index contributed by atoms with van der Waals surface area (Å²) >= 11 is 1.66. The Hall–Kier alpha value is -2.74. The van der Waals surface area contributed by atoms with E-state index in [1.165, 1.54) is 4.68 Å². The summed E-state index contributed by atoms with van der Waals surface area (Å²) in [5.41, 5.74) is 1.70. The number of aryl methyl sites for hydroxylation is 2. The predicted octanol–water partition coefficient (Wildman–Crippen LogP) is 1.67. The van der Waals surface area contributed by atoms with Gasteiger partial charge in [-0.3, -0.25) is 9.59 Å². The average Bonchev–Trinajstić information content (AvgIpc) is 3.11. The molecule has 0 bridgehead atoms. The van der Waals surface area contributed by atoms with Crippen LogP contribution in [-0.2, 0) is 18.3 Å². The molecule has 4 rings (SSSR count). The van der Waals surface area contributed by atoms with Crippen LogP contribution >= 0.6 is 11.3 Å². The molecular weight excluding hydrogens is 362 g/mol. The first-order chi connectivity index (χ1) is 13.1. The van der Waals surface area contributed by atoms with Gasteiger partial charge in [0.05, 0.1) is 27.1 Å². The molecule has 0 radical (unpaired) electrons. The lowest BCUT2D eigenvalue weighted by molar-refractivity contribution is -0.131. The van der Waals surface area contributed by atoms with E-state index in [1.807, 2.05) is 23.1 Å². The number of carbonyl (C=O) groups excluding carboxylic acids is 1. The predicted molar refractivity (Wildman–Crippen MR) is 106 cm³/mol. The highest BCUT2D eigenvalue weighted by Gasteiger charge is 2.22. The van der Waals surface area contributed by atoms with Gasteiger partial charge < -0.3 is 9.80 Å². The standard InChI is InChI=1S/C19H21N5O2S/c1-22-19(26)12-14(13-20-22)23-8-10-24(11-9-23)18(25)7-6-17-21-15-4-2-3-5-16(15)27-17/h2-5,12-13H,6-11H2,1H3. The van der Waals surface area contributed by atoms with Gasteiger partial charge in [-0.25, -0.2) is 9.67 Å². The fourth-order valence-corrected chi connectivity index (χ4v) is 4.21. The number of nitrogens with zero attached hydrogens (tertiary/aromatic N) is 5. The minimum Gasteiger partial charge on any atom is -0.367 e. The molecule has 0 saturated carbocycles.